The zero-order valence-electron chi connectivity index (χ0n) is 14.8. The molecule has 3 rings (SSSR count). The second-order valence-corrected chi connectivity index (χ2v) is 7.18. The van der Waals surface area contributed by atoms with E-state index >= 15 is 0 Å². The first-order valence-corrected chi connectivity index (χ1v) is 9.47. The van der Waals surface area contributed by atoms with E-state index in [4.69, 9.17) is 0 Å². The molecule has 1 N–H and O–H groups in total. The molecule has 7 heteroatoms. The Morgan fingerprint density at radius 1 is 1.32 bits per heavy atom. The fourth-order valence-corrected chi connectivity index (χ4v) is 3.48. The Labute approximate surface area is 153 Å². The third kappa shape index (κ3) is 4.99. The molecule has 0 spiro atoms. The first-order chi connectivity index (χ1) is 12.1. The van der Waals surface area contributed by atoms with E-state index in [-0.39, 0.29) is 11.9 Å². The molecular weight excluding hydrogens is 334 g/mol. The average molecular weight is 359 g/mol. The van der Waals surface area contributed by atoms with E-state index in [9.17, 15) is 4.79 Å². The van der Waals surface area contributed by atoms with Crippen LogP contribution in [-0.2, 0) is 0 Å². The summed E-state index contributed by atoms with van der Waals surface area (Å²) in [6.07, 6.45) is 2.45. The monoisotopic (exact) mass is 359 g/mol. The van der Waals surface area contributed by atoms with Crippen LogP contribution in [0, 0.1) is 6.92 Å². The van der Waals surface area contributed by atoms with Gasteiger partial charge in [0.15, 0.2) is 5.69 Å². The van der Waals surface area contributed by atoms with Crippen molar-refractivity contribution in [1.82, 2.24) is 19.0 Å². The zero-order chi connectivity index (χ0) is 17.6. The summed E-state index contributed by atoms with van der Waals surface area (Å²) < 4.78 is 7.83. The molecule has 1 fully saturated rings. The number of nitrogens with zero attached hydrogens (tertiary/aromatic N) is 4. The Bertz CT molecular complexity index is 683. The highest BCUT2D eigenvalue weighted by Gasteiger charge is 2.18. The van der Waals surface area contributed by atoms with Gasteiger partial charge in [-0.2, -0.15) is 8.75 Å². The number of amides is 1. The highest BCUT2D eigenvalue weighted by molar-refractivity contribution is 6.99. The minimum Gasteiger partial charge on any atom is -0.369 e. The molecule has 2 heterocycles. The molecule has 1 aromatic heterocycles. The van der Waals surface area contributed by atoms with Gasteiger partial charge in [-0.25, -0.2) is 0 Å². The highest BCUT2D eigenvalue weighted by Crippen LogP contribution is 2.17. The van der Waals surface area contributed by atoms with Crippen LogP contribution < -0.4 is 10.2 Å². The summed E-state index contributed by atoms with van der Waals surface area (Å²) in [6, 6.07) is 8.83. The molecule has 1 atom stereocenters. The highest BCUT2D eigenvalue weighted by atomic mass is 32.1. The van der Waals surface area contributed by atoms with Crippen molar-refractivity contribution in [3.63, 3.8) is 0 Å². The molecule has 2 aromatic rings. The van der Waals surface area contributed by atoms with Crippen LogP contribution in [0.5, 0.6) is 0 Å². The number of aryl methyl sites for hydroxylation is 1. The standard InChI is InChI=1S/C18H25N5OS/c1-14-4-3-5-16(12-14)23-10-8-22(9-11-23)7-6-15(2)20-18(24)17-13-19-25-21-17/h3-5,12-13,15H,6-11H2,1-2H3,(H,20,24). The van der Waals surface area contributed by atoms with E-state index in [1.807, 2.05) is 6.92 Å². The third-order valence-electron chi connectivity index (χ3n) is 4.59. The summed E-state index contributed by atoms with van der Waals surface area (Å²) in [4.78, 5) is 16.9. The summed E-state index contributed by atoms with van der Waals surface area (Å²) in [5.41, 5.74) is 3.03. The molecule has 1 aromatic carbocycles. The van der Waals surface area contributed by atoms with Gasteiger partial charge < -0.3 is 10.2 Å². The van der Waals surface area contributed by atoms with Crippen LogP contribution in [-0.4, -0.2) is 58.3 Å². The van der Waals surface area contributed by atoms with Crippen molar-refractivity contribution in [2.24, 2.45) is 0 Å². The van der Waals surface area contributed by atoms with Crippen molar-refractivity contribution < 1.29 is 4.79 Å². The summed E-state index contributed by atoms with van der Waals surface area (Å²) >= 11 is 1.06. The van der Waals surface area contributed by atoms with E-state index in [1.165, 1.54) is 17.4 Å². The van der Waals surface area contributed by atoms with Gasteiger partial charge in [-0.3, -0.25) is 9.69 Å². The van der Waals surface area contributed by atoms with Gasteiger partial charge in [-0.1, -0.05) is 12.1 Å². The molecule has 0 saturated carbocycles. The summed E-state index contributed by atoms with van der Waals surface area (Å²) in [6.45, 7) is 9.40. The zero-order valence-corrected chi connectivity index (χ0v) is 15.6. The largest absolute Gasteiger partial charge is 0.369 e. The summed E-state index contributed by atoms with van der Waals surface area (Å²) in [5.74, 6) is -0.134. The first-order valence-electron chi connectivity index (χ1n) is 8.74. The van der Waals surface area contributed by atoms with E-state index < -0.39 is 0 Å². The Hall–Kier alpha value is -1.99. The molecule has 0 bridgehead atoms. The average Bonchev–Trinajstić information content (AvgIpc) is 3.15. The number of hydrogen-bond acceptors (Lipinski definition) is 6. The molecule has 0 radical (unpaired) electrons. The lowest BCUT2D eigenvalue weighted by Crippen LogP contribution is -2.47. The Morgan fingerprint density at radius 2 is 2.12 bits per heavy atom. The van der Waals surface area contributed by atoms with Gasteiger partial charge >= 0.3 is 0 Å². The van der Waals surface area contributed by atoms with Gasteiger partial charge in [-0.15, -0.1) is 0 Å². The third-order valence-corrected chi connectivity index (χ3v) is 5.07. The first kappa shape index (κ1) is 17.8. The van der Waals surface area contributed by atoms with Crippen molar-refractivity contribution in [3.05, 3.63) is 41.7 Å². The number of nitrogens with one attached hydrogen (secondary N) is 1. The summed E-state index contributed by atoms with van der Waals surface area (Å²) in [7, 11) is 0. The molecule has 25 heavy (non-hydrogen) atoms. The van der Waals surface area contributed by atoms with Crippen LogP contribution in [0.25, 0.3) is 0 Å². The number of aromatic nitrogens is 2. The number of carbonyl (C=O) groups excluding carboxylic acids is 1. The predicted molar refractivity (Wildman–Crippen MR) is 101 cm³/mol. The fraction of sp³-hybridized carbons (Fsp3) is 0.500. The molecule has 1 aliphatic rings. The summed E-state index contributed by atoms with van der Waals surface area (Å²) in [5, 5.41) is 2.99. The van der Waals surface area contributed by atoms with Gasteiger partial charge in [-0.05, 0) is 38.0 Å². The maximum atomic E-state index is 12.0. The fourth-order valence-electron chi connectivity index (χ4n) is 3.07. The molecular formula is C18H25N5OS. The predicted octanol–water partition coefficient (Wildman–Crippen LogP) is 2.18. The number of hydrogen-bond donors (Lipinski definition) is 1. The lowest BCUT2D eigenvalue weighted by molar-refractivity contribution is 0.0931. The van der Waals surface area contributed by atoms with Crippen LogP contribution in [0.2, 0.25) is 0 Å². The Morgan fingerprint density at radius 3 is 2.80 bits per heavy atom. The molecule has 0 aliphatic carbocycles. The quantitative estimate of drug-likeness (QED) is 0.857. The molecule has 1 saturated heterocycles. The van der Waals surface area contributed by atoms with E-state index in [0.29, 0.717) is 5.69 Å². The number of rotatable bonds is 6. The SMILES string of the molecule is Cc1cccc(N2CCN(CCC(C)NC(=O)c3cnsn3)CC2)c1. The molecule has 1 amide bonds. The second kappa shape index (κ2) is 8.40. The van der Waals surface area contributed by atoms with Crippen LogP contribution in [0.15, 0.2) is 30.5 Å². The molecule has 1 aliphatic heterocycles. The number of anilines is 1. The van der Waals surface area contributed by atoms with Gasteiger partial charge in [0.2, 0.25) is 0 Å². The lowest BCUT2D eigenvalue weighted by atomic mass is 10.1. The maximum Gasteiger partial charge on any atom is 0.272 e. The normalized spacial score (nSPS) is 16.6. The van der Waals surface area contributed by atoms with Crippen LogP contribution >= 0.6 is 11.7 Å². The van der Waals surface area contributed by atoms with Crippen molar-refractivity contribution >= 4 is 23.3 Å². The van der Waals surface area contributed by atoms with Gasteiger partial charge in [0.1, 0.15) is 0 Å². The van der Waals surface area contributed by atoms with Gasteiger partial charge in [0.05, 0.1) is 17.9 Å². The molecule has 134 valence electrons. The van der Waals surface area contributed by atoms with E-state index in [2.05, 4.69) is 55.1 Å². The van der Waals surface area contributed by atoms with Crippen molar-refractivity contribution in [3.8, 4) is 0 Å². The number of piperazine rings is 1. The lowest BCUT2D eigenvalue weighted by Gasteiger charge is -2.36. The Balaban J connectivity index is 1.39. The second-order valence-electron chi connectivity index (χ2n) is 6.62. The minimum atomic E-state index is -0.134. The van der Waals surface area contributed by atoms with Crippen LogP contribution in [0.1, 0.15) is 29.4 Å². The van der Waals surface area contributed by atoms with Gasteiger partial charge in [0, 0.05) is 44.5 Å². The Kier molecular flexibility index (Phi) is 5.99. The molecule has 1 unspecified atom stereocenters. The number of carbonyl (C=O) groups is 1. The number of benzene rings is 1. The molecule has 6 nitrogen and oxygen atoms in total. The van der Waals surface area contributed by atoms with Crippen molar-refractivity contribution in [2.75, 3.05) is 37.6 Å². The maximum absolute atomic E-state index is 12.0. The van der Waals surface area contributed by atoms with E-state index in [0.717, 1.165) is 50.9 Å². The minimum absolute atomic E-state index is 0.129. The van der Waals surface area contributed by atoms with Crippen LogP contribution in [0.4, 0.5) is 5.69 Å². The van der Waals surface area contributed by atoms with E-state index in [1.54, 1.807) is 0 Å². The van der Waals surface area contributed by atoms with Crippen molar-refractivity contribution in [1.29, 1.82) is 0 Å². The smallest absolute Gasteiger partial charge is 0.272 e. The van der Waals surface area contributed by atoms with Crippen molar-refractivity contribution in [2.45, 2.75) is 26.3 Å². The topological polar surface area (TPSA) is 61.4 Å². The van der Waals surface area contributed by atoms with Gasteiger partial charge in [0.25, 0.3) is 5.91 Å². The van der Waals surface area contributed by atoms with Crippen LogP contribution in [0.3, 0.4) is 0 Å².